The molecule has 0 aromatic carbocycles. The van der Waals surface area contributed by atoms with Crippen LogP contribution in [0.15, 0.2) is 58.7 Å². The van der Waals surface area contributed by atoms with Crippen LogP contribution in [0.2, 0.25) is 0 Å². The van der Waals surface area contributed by atoms with Gasteiger partial charge in [0.25, 0.3) is 0 Å². The summed E-state index contributed by atoms with van der Waals surface area (Å²) in [6, 6.07) is 0. The lowest BCUT2D eigenvalue weighted by Crippen LogP contribution is -2.19. The minimum atomic E-state index is 0.0985. The summed E-state index contributed by atoms with van der Waals surface area (Å²) in [6.07, 6.45) is 16.3. The summed E-state index contributed by atoms with van der Waals surface area (Å²) in [5, 5.41) is 8.81. The first-order valence-electron chi connectivity index (χ1n) is 7.87. The smallest absolute Gasteiger partial charge is 0.0617 e. The van der Waals surface area contributed by atoms with Crippen LogP contribution in [-0.4, -0.2) is 11.7 Å². The van der Waals surface area contributed by atoms with Gasteiger partial charge in [0.05, 0.1) is 6.61 Å². The topological polar surface area (TPSA) is 20.2 Å². The molecule has 0 saturated heterocycles. The fraction of sp³-hybridized carbons (Fsp3) is 0.500. The lowest BCUT2D eigenvalue weighted by Gasteiger charge is -2.32. The summed E-state index contributed by atoms with van der Waals surface area (Å²) in [5.41, 5.74) is 5.66. The Bertz CT molecular complexity index is 496. The van der Waals surface area contributed by atoms with E-state index in [1.807, 2.05) is 19.1 Å². The first-order chi connectivity index (χ1) is 9.86. The zero-order valence-electron chi connectivity index (χ0n) is 14.2. The third kappa shape index (κ3) is 5.89. The molecule has 0 aliphatic heterocycles. The van der Waals surface area contributed by atoms with Gasteiger partial charge in [-0.2, -0.15) is 0 Å². The van der Waals surface area contributed by atoms with Crippen molar-refractivity contribution in [1.82, 2.24) is 0 Å². The highest BCUT2D eigenvalue weighted by molar-refractivity contribution is 5.37. The number of hydrogen-bond acceptors (Lipinski definition) is 1. The molecule has 0 atom stereocenters. The molecule has 116 valence electrons. The molecule has 1 heteroatoms. The summed E-state index contributed by atoms with van der Waals surface area (Å²) in [7, 11) is 0. The van der Waals surface area contributed by atoms with Gasteiger partial charge in [0.15, 0.2) is 0 Å². The van der Waals surface area contributed by atoms with Gasteiger partial charge in [-0.15, -0.1) is 0 Å². The van der Waals surface area contributed by atoms with Gasteiger partial charge < -0.3 is 5.11 Å². The zero-order valence-corrected chi connectivity index (χ0v) is 14.2. The lowest BCUT2D eigenvalue weighted by atomic mass is 9.72. The zero-order chi connectivity index (χ0) is 15.9. The molecule has 0 unspecified atom stereocenters. The maximum absolute atomic E-state index is 8.81. The van der Waals surface area contributed by atoms with Gasteiger partial charge in [0.1, 0.15) is 0 Å². The van der Waals surface area contributed by atoms with Gasteiger partial charge in [0, 0.05) is 0 Å². The van der Waals surface area contributed by atoms with Gasteiger partial charge in [0.2, 0.25) is 0 Å². The van der Waals surface area contributed by atoms with Crippen LogP contribution in [0.25, 0.3) is 0 Å². The second-order valence-corrected chi connectivity index (χ2v) is 6.67. The summed E-state index contributed by atoms with van der Waals surface area (Å²) >= 11 is 0. The number of aliphatic hydroxyl groups is 1. The second kappa shape index (κ2) is 8.19. The molecule has 0 aromatic heterocycles. The van der Waals surface area contributed by atoms with Crippen LogP contribution in [0.1, 0.15) is 53.9 Å². The highest BCUT2D eigenvalue weighted by Crippen LogP contribution is 2.40. The van der Waals surface area contributed by atoms with E-state index >= 15 is 0 Å². The van der Waals surface area contributed by atoms with E-state index in [1.165, 1.54) is 36.0 Å². The predicted octanol–water partition coefficient (Wildman–Crippen LogP) is 5.51. The Labute approximate surface area is 130 Å². The Morgan fingerprint density at radius 1 is 1.19 bits per heavy atom. The molecular formula is C20H30O. The molecule has 0 saturated carbocycles. The molecule has 1 rings (SSSR count). The summed E-state index contributed by atoms with van der Waals surface area (Å²) < 4.78 is 0. The van der Waals surface area contributed by atoms with Crippen molar-refractivity contribution in [3.05, 3.63) is 58.7 Å². The molecule has 1 N–H and O–H groups in total. The van der Waals surface area contributed by atoms with Crippen molar-refractivity contribution in [3.63, 3.8) is 0 Å². The van der Waals surface area contributed by atoms with Crippen LogP contribution in [0, 0.1) is 5.41 Å². The Balaban J connectivity index is 2.78. The Kier molecular flexibility index (Phi) is 6.91. The molecule has 0 amide bonds. The van der Waals surface area contributed by atoms with Crippen LogP contribution in [-0.2, 0) is 0 Å². The quantitative estimate of drug-likeness (QED) is 0.661. The molecule has 0 spiro atoms. The Morgan fingerprint density at radius 3 is 2.52 bits per heavy atom. The summed E-state index contributed by atoms with van der Waals surface area (Å²) in [6.45, 7) is 11.2. The lowest BCUT2D eigenvalue weighted by molar-refractivity contribution is 0.342. The van der Waals surface area contributed by atoms with Crippen molar-refractivity contribution in [3.8, 4) is 0 Å². The van der Waals surface area contributed by atoms with E-state index in [1.54, 1.807) is 6.08 Å². The second-order valence-electron chi connectivity index (χ2n) is 6.67. The van der Waals surface area contributed by atoms with Crippen molar-refractivity contribution < 1.29 is 5.11 Å². The van der Waals surface area contributed by atoms with Crippen LogP contribution in [0.3, 0.4) is 0 Å². The fourth-order valence-electron chi connectivity index (χ4n) is 2.84. The van der Waals surface area contributed by atoms with E-state index in [0.29, 0.717) is 5.41 Å². The number of rotatable bonds is 5. The van der Waals surface area contributed by atoms with Gasteiger partial charge >= 0.3 is 0 Å². The van der Waals surface area contributed by atoms with Crippen LogP contribution in [0.5, 0.6) is 0 Å². The molecular weight excluding hydrogens is 256 g/mol. The van der Waals surface area contributed by atoms with E-state index in [0.717, 1.165) is 5.57 Å². The fourth-order valence-corrected chi connectivity index (χ4v) is 2.84. The van der Waals surface area contributed by atoms with E-state index in [9.17, 15) is 0 Å². The van der Waals surface area contributed by atoms with E-state index < -0.39 is 0 Å². The first kappa shape index (κ1) is 17.7. The number of hydrogen-bond donors (Lipinski definition) is 1. The van der Waals surface area contributed by atoms with Gasteiger partial charge in [-0.25, -0.2) is 0 Å². The van der Waals surface area contributed by atoms with E-state index in [4.69, 9.17) is 5.11 Å². The van der Waals surface area contributed by atoms with Crippen molar-refractivity contribution in [2.75, 3.05) is 6.61 Å². The molecule has 0 aromatic rings. The first-order valence-corrected chi connectivity index (χ1v) is 7.87. The third-order valence-electron chi connectivity index (χ3n) is 4.19. The van der Waals surface area contributed by atoms with E-state index in [-0.39, 0.29) is 6.61 Å². The van der Waals surface area contributed by atoms with Gasteiger partial charge in [-0.1, -0.05) is 67.0 Å². The standard InChI is InChI=1S/C20H30O/c1-16(8-6-9-17(2)13-15-21)11-12-19-18(3)10-7-14-20(19,4)5/h6,8-9,11-13,21H,7,10,14-15H2,1-5H3/b9-6-,12-11+,16-8-,17-13-. The molecule has 0 fully saturated rings. The number of aliphatic hydroxyl groups excluding tert-OH is 1. The summed E-state index contributed by atoms with van der Waals surface area (Å²) in [4.78, 5) is 0. The minimum Gasteiger partial charge on any atom is -0.392 e. The van der Waals surface area contributed by atoms with Gasteiger partial charge in [-0.3, -0.25) is 0 Å². The summed E-state index contributed by atoms with van der Waals surface area (Å²) in [5.74, 6) is 0. The van der Waals surface area contributed by atoms with Crippen molar-refractivity contribution in [2.45, 2.75) is 53.9 Å². The van der Waals surface area contributed by atoms with Crippen LogP contribution in [0.4, 0.5) is 0 Å². The van der Waals surface area contributed by atoms with Crippen LogP contribution >= 0.6 is 0 Å². The van der Waals surface area contributed by atoms with Crippen molar-refractivity contribution in [1.29, 1.82) is 0 Å². The molecule has 21 heavy (non-hydrogen) atoms. The molecule has 0 bridgehead atoms. The van der Waals surface area contributed by atoms with Crippen molar-refractivity contribution >= 4 is 0 Å². The molecule has 1 nitrogen and oxygen atoms in total. The average Bonchev–Trinajstić information content (AvgIpc) is 2.37. The average molecular weight is 286 g/mol. The Morgan fingerprint density at radius 2 is 1.90 bits per heavy atom. The maximum Gasteiger partial charge on any atom is 0.0617 e. The highest BCUT2D eigenvalue weighted by atomic mass is 16.2. The molecule has 0 heterocycles. The maximum atomic E-state index is 8.81. The number of allylic oxidation sites excluding steroid dienone is 9. The molecule has 1 aliphatic rings. The molecule has 1 aliphatic carbocycles. The monoisotopic (exact) mass is 286 g/mol. The van der Waals surface area contributed by atoms with Gasteiger partial charge in [-0.05, 0) is 51.0 Å². The van der Waals surface area contributed by atoms with Crippen LogP contribution < -0.4 is 0 Å². The van der Waals surface area contributed by atoms with E-state index in [2.05, 4.69) is 45.9 Å². The van der Waals surface area contributed by atoms with Crippen molar-refractivity contribution in [2.24, 2.45) is 5.41 Å². The predicted molar refractivity (Wildman–Crippen MR) is 93.2 cm³/mol. The largest absolute Gasteiger partial charge is 0.392 e. The normalized spacial score (nSPS) is 20.9. The third-order valence-corrected chi connectivity index (χ3v) is 4.19. The molecule has 0 radical (unpaired) electrons. The minimum absolute atomic E-state index is 0.0985. The Hall–Kier alpha value is -1.34. The highest BCUT2D eigenvalue weighted by Gasteiger charge is 2.26. The SMILES string of the molecule is CC1=C(/C=C/C(C)=C\C=C/C(C)=C\CO)C(C)(C)CCC1.